The molecular formula is C24H26N2O6S. The highest BCUT2D eigenvalue weighted by Gasteiger charge is 2.27. The first-order valence-electron chi connectivity index (χ1n) is 10.1. The topological polar surface area (TPSA) is 94.2 Å². The van der Waals surface area contributed by atoms with Crippen molar-refractivity contribution in [2.75, 3.05) is 33.2 Å². The fourth-order valence-electron chi connectivity index (χ4n) is 3.16. The minimum atomic E-state index is -3.97. The predicted octanol–water partition coefficient (Wildman–Crippen LogP) is 3.54. The molecule has 0 atom stereocenters. The molecule has 33 heavy (non-hydrogen) atoms. The number of hydrogen-bond acceptors (Lipinski definition) is 6. The van der Waals surface area contributed by atoms with Gasteiger partial charge in [-0.1, -0.05) is 30.3 Å². The Hall–Kier alpha value is -3.56. The summed E-state index contributed by atoms with van der Waals surface area (Å²) in [5.74, 6) is 0.993. The predicted molar refractivity (Wildman–Crippen MR) is 125 cm³/mol. The van der Waals surface area contributed by atoms with E-state index in [1.165, 1.54) is 33.5 Å². The van der Waals surface area contributed by atoms with Gasteiger partial charge >= 0.3 is 0 Å². The van der Waals surface area contributed by atoms with Crippen molar-refractivity contribution in [2.45, 2.75) is 11.4 Å². The molecule has 0 saturated heterocycles. The van der Waals surface area contributed by atoms with E-state index in [4.69, 9.17) is 14.2 Å². The van der Waals surface area contributed by atoms with Crippen LogP contribution in [-0.4, -0.2) is 46.5 Å². The summed E-state index contributed by atoms with van der Waals surface area (Å²) in [6.45, 7) is -0.360. The lowest BCUT2D eigenvalue weighted by Crippen LogP contribution is -2.37. The van der Waals surface area contributed by atoms with E-state index in [1.807, 2.05) is 18.2 Å². The minimum absolute atomic E-state index is 0.0301. The van der Waals surface area contributed by atoms with Crippen LogP contribution in [0.4, 0.5) is 5.69 Å². The van der Waals surface area contributed by atoms with E-state index >= 15 is 0 Å². The molecule has 3 aromatic carbocycles. The van der Waals surface area contributed by atoms with E-state index in [1.54, 1.807) is 42.5 Å². The van der Waals surface area contributed by atoms with E-state index in [0.717, 1.165) is 9.87 Å². The summed E-state index contributed by atoms with van der Waals surface area (Å²) in [6.07, 6.45) is 0. The zero-order chi connectivity index (χ0) is 23.8. The Labute approximate surface area is 193 Å². The second kappa shape index (κ2) is 10.8. The largest absolute Gasteiger partial charge is 0.497 e. The molecule has 174 valence electrons. The maximum absolute atomic E-state index is 13.4. The number of carbonyl (C=O) groups excluding carboxylic acids is 1. The summed E-state index contributed by atoms with van der Waals surface area (Å²) >= 11 is 0. The normalized spacial score (nSPS) is 11.2. The van der Waals surface area contributed by atoms with Crippen LogP contribution in [0.25, 0.3) is 0 Å². The number of nitrogens with one attached hydrogen (secondary N) is 1. The molecule has 8 nitrogen and oxygen atoms in total. The number of rotatable bonds is 10. The van der Waals surface area contributed by atoms with Crippen LogP contribution in [-0.2, 0) is 21.4 Å². The maximum Gasteiger partial charge on any atom is 0.243 e. The van der Waals surface area contributed by atoms with Gasteiger partial charge in [0.25, 0.3) is 0 Å². The monoisotopic (exact) mass is 470 g/mol. The maximum atomic E-state index is 13.4. The summed E-state index contributed by atoms with van der Waals surface area (Å²) in [6, 6.07) is 20.1. The van der Waals surface area contributed by atoms with E-state index in [0.29, 0.717) is 22.9 Å². The van der Waals surface area contributed by atoms with E-state index in [9.17, 15) is 13.2 Å². The van der Waals surface area contributed by atoms with Crippen molar-refractivity contribution in [3.05, 3.63) is 78.4 Å². The molecule has 1 amide bonds. The van der Waals surface area contributed by atoms with E-state index < -0.39 is 22.5 Å². The van der Waals surface area contributed by atoms with Gasteiger partial charge in [-0.25, -0.2) is 8.42 Å². The quantitative estimate of drug-likeness (QED) is 0.487. The minimum Gasteiger partial charge on any atom is -0.497 e. The van der Waals surface area contributed by atoms with Gasteiger partial charge in [0.1, 0.15) is 17.2 Å². The van der Waals surface area contributed by atoms with Crippen molar-refractivity contribution in [1.82, 2.24) is 4.31 Å². The Morgan fingerprint density at radius 1 is 0.848 bits per heavy atom. The van der Waals surface area contributed by atoms with Crippen LogP contribution >= 0.6 is 0 Å². The van der Waals surface area contributed by atoms with Crippen molar-refractivity contribution >= 4 is 21.6 Å². The number of anilines is 1. The molecule has 3 aromatic rings. The summed E-state index contributed by atoms with van der Waals surface area (Å²) in [5, 5.41) is 2.73. The smallest absolute Gasteiger partial charge is 0.243 e. The molecule has 0 unspecified atom stereocenters. The molecule has 3 rings (SSSR count). The number of sulfonamides is 1. The van der Waals surface area contributed by atoms with Crippen molar-refractivity contribution < 1.29 is 27.4 Å². The summed E-state index contributed by atoms with van der Waals surface area (Å²) in [5.41, 5.74) is 1.16. The third-order valence-electron chi connectivity index (χ3n) is 4.90. The van der Waals surface area contributed by atoms with Gasteiger partial charge in [-0.3, -0.25) is 4.79 Å². The SMILES string of the molecule is COc1ccc(S(=O)(=O)N(CC(=O)Nc2ccc(OC)cc2OC)Cc2ccccc2)cc1. The van der Waals surface area contributed by atoms with Crippen molar-refractivity contribution in [2.24, 2.45) is 0 Å². The number of hydrogen-bond donors (Lipinski definition) is 1. The van der Waals surface area contributed by atoms with Crippen LogP contribution in [0.15, 0.2) is 77.7 Å². The number of amides is 1. The van der Waals surface area contributed by atoms with Crippen LogP contribution in [0.1, 0.15) is 5.56 Å². The summed E-state index contributed by atoms with van der Waals surface area (Å²) in [4.78, 5) is 13.0. The summed E-state index contributed by atoms with van der Waals surface area (Å²) < 4.78 is 43.5. The van der Waals surface area contributed by atoms with Crippen LogP contribution in [0.2, 0.25) is 0 Å². The van der Waals surface area contributed by atoms with E-state index in [-0.39, 0.29) is 11.4 Å². The fraction of sp³-hybridized carbons (Fsp3) is 0.208. The lowest BCUT2D eigenvalue weighted by molar-refractivity contribution is -0.116. The number of methoxy groups -OCH3 is 3. The number of carbonyl (C=O) groups is 1. The molecule has 0 aliphatic carbocycles. The Morgan fingerprint density at radius 2 is 1.48 bits per heavy atom. The van der Waals surface area contributed by atoms with Crippen molar-refractivity contribution in [3.63, 3.8) is 0 Å². The molecule has 0 aliphatic heterocycles. The van der Waals surface area contributed by atoms with Crippen molar-refractivity contribution in [3.8, 4) is 17.2 Å². The molecule has 0 bridgehead atoms. The summed E-state index contributed by atoms with van der Waals surface area (Å²) in [7, 11) is 0.530. The highest BCUT2D eigenvalue weighted by molar-refractivity contribution is 7.89. The first kappa shape index (κ1) is 24.1. The molecule has 0 fully saturated rings. The lowest BCUT2D eigenvalue weighted by atomic mass is 10.2. The van der Waals surface area contributed by atoms with Gasteiger partial charge in [0, 0.05) is 12.6 Å². The zero-order valence-corrected chi connectivity index (χ0v) is 19.5. The average molecular weight is 471 g/mol. The number of ether oxygens (including phenoxy) is 3. The van der Waals surface area contributed by atoms with E-state index in [2.05, 4.69) is 5.32 Å². The Morgan fingerprint density at radius 3 is 2.09 bits per heavy atom. The third kappa shape index (κ3) is 6.03. The van der Waals surface area contributed by atoms with Crippen molar-refractivity contribution in [1.29, 1.82) is 0 Å². The Bertz CT molecular complexity index is 1180. The number of benzene rings is 3. The molecule has 0 saturated carbocycles. The van der Waals surface area contributed by atoms with Gasteiger partial charge in [-0.05, 0) is 42.0 Å². The van der Waals surface area contributed by atoms with Gasteiger partial charge in [0.2, 0.25) is 15.9 Å². The average Bonchev–Trinajstić information content (AvgIpc) is 2.84. The molecule has 0 aromatic heterocycles. The Kier molecular flexibility index (Phi) is 7.92. The number of nitrogens with zero attached hydrogens (tertiary/aromatic N) is 1. The highest BCUT2D eigenvalue weighted by atomic mass is 32.2. The molecular weight excluding hydrogens is 444 g/mol. The second-order valence-electron chi connectivity index (χ2n) is 7.05. The molecule has 0 radical (unpaired) electrons. The molecule has 0 heterocycles. The van der Waals surface area contributed by atoms with Crippen LogP contribution in [0.3, 0.4) is 0 Å². The first-order chi connectivity index (χ1) is 15.9. The van der Waals surface area contributed by atoms with Gasteiger partial charge < -0.3 is 19.5 Å². The second-order valence-corrected chi connectivity index (χ2v) is 8.99. The third-order valence-corrected chi connectivity index (χ3v) is 6.71. The highest BCUT2D eigenvalue weighted by Crippen LogP contribution is 2.29. The zero-order valence-electron chi connectivity index (χ0n) is 18.6. The Balaban J connectivity index is 1.87. The van der Waals surface area contributed by atoms with Gasteiger partial charge in [0.15, 0.2) is 0 Å². The van der Waals surface area contributed by atoms with Gasteiger partial charge in [-0.2, -0.15) is 4.31 Å². The lowest BCUT2D eigenvalue weighted by Gasteiger charge is -2.22. The van der Waals surface area contributed by atoms with Crippen LogP contribution < -0.4 is 19.5 Å². The van der Waals surface area contributed by atoms with Crippen LogP contribution in [0, 0.1) is 0 Å². The first-order valence-corrected chi connectivity index (χ1v) is 11.5. The fourth-order valence-corrected chi connectivity index (χ4v) is 4.55. The molecule has 0 spiro atoms. The van der Waals surface area contributed by atoms with Gasteiger partial charge in [-0.15, -0.1) is 0 Å². The van der Waals surface area contributed by atoms with Crippen LogP contribution in [0.5, 0.6) is 17.2 Å². The standard InChI is InChI=1S/C24H26N2O6S/c1-30-19-9-12-21(13-10-19)33(28,29)26(16-18-7-5-4-6-8-18)17-24(27)25-22-14-11-20(31-2)15-23(22)32-3/h4-15H,16-17H2,1-3H3,(H,25,27). The van der Waals surface area contributed by atoms with Gasteiger partial charge in [0.05, 0.1) is 38.5 Å². The molecule has 0 aliphatic rings. The molecule has 1 N–H and O–H groups in total. The molecule has 9 heteroatoms.